The fraction of sp³-hybridized carbons (Fsp3) is 0.400. The van der Waals surface area contributed by atoms with E-state index in [1.807, 2.05) is 0 Å². The SMILES string of the molecule is CC(OCc1ccc(N)c(F)c1)C(F)(F)F. The molecule has 0 heterocycles. The molecule has 16 heavy (non-hydrogen) atoms. The maximum absolute atomic E-state index is 12.9. The van der Waals surface area contributed by atoms with E-state index >= 15 is 0 Å². The van der Waals surface area contributed by atoms with Gasteiger partial charge in [0.05, 0.1) is 12.3 Å². The molecule has 0 saturated carbocycles. The predicted octanol–water partition coefficient (Wildman–Crippen LogP) is 2.88. The van der Waals surface area contributed by atoms with Crippen LogP contribution in [0.1, 0.15) is 12.5 Å². The van der Waals surface area contributed by atoms with Gasteiger partial charge in [-0.3, -0.25) is 0 Å². The van der Waals surface area contributed by atoms with E-state index in [4.69, 9.17) is 5.73 Å². The van der Waals surface area contributed by atoms with Crippen LogP contribution in [0.3, 0.4) is 0 Å². The number of anilines is 1. The fourth-order valence-corrected chi connectivity index (χ4v) is 0.976. The first-order valence-corrected chi connectivity index (χ1v) is 4.53. The summed E-state index contributed by atoms with van der Waals surface area (Å²) < 4.78 is 53.7. The van der Waals surface area contributed by atoms with Gasteiger partial charge >= 0.3 is 6.18 Å². The Bertz CT molecular complexity index is 364. The number of hydrogen-bond donors (Lipinski definition) is 1. The van der Waals surface area contributed by atoms with Crippen molar-refractivity contribution in [3.05, 3.63) is 29.6 Å². The van der Waals surface area contributed by atoms with Crippen LogP contribution in [0.4, 0.5) is 23.2 Å². The summed E-state index contributed by atoms with van der Waals surface area (Å²) in [6, 6.07) is 3.76. The maximum Gasteiger partial charge on any atom is 0.414 e. The summed E-state index contributed by atoms with van der Waals surface area (Å²) in [5, 5.41) is 0. The first-order valence-electron chi connectivity index (χ1n) is 4.53. The number of alkyl halides is 3. The Morgan fingerprint density at radius 1 is 1.38 bits per heavy atom. The van der Waals surface area contributed by atoms with E-state index in [1.54, 1.807) is 0 Å². The normalized spacial score (nSPS) is 13.8. The van der Waals surface area contributed by atoms with Crippen LogP contribution in [-0.2, 0) is 11.3 Å². The Balaban J connectivity index is 2.58. The number of hydrogen-bond acceptors (Lipinski definition) is 2. The van der Waals surface area contributed by atoms with E-state index in [0.29, 0.717) is 5.56 Å². The molecule has 0 aliphatic rings. The van der Waals surface area contributed by atoms with Crippen molar-refractivity contribution in [3.8, 4) is 0 Å². The van der Waals surface area contributed by atoms with Gasteiger partial charge in [-0.25, -0.2) is 4.39 Å². The minimum absolute atomic E-state index is 0.0485. The van der Waals surface area contributed by atoms with Crippen molar-refractivity contribution >= 4 is 5.69 Å². The van der Waals surface area contributed by atoms with E-state index in [2.05, 4.69) is 4.74 Å². The van der Waals surface area contributed by atoms with Gasteiger partial charge < -0.3 is 10.5 Å². The van der Waals surface area contributed by atoms with E-state index in [1.165, 1.54) is 12.1 Å². The summed E-state index contributed by atoms with van der Waals surface area (Å²) in [5.41, 5.74) is 5.48. The number of nitrogens with two attached hydrogens (primary N) is 1. The van der Waals surface area contributed by atoms with Crippen LogP contribution in [0, 0.1) is 5.82 Å². The third-order valence-electron chi connectivity index (χ3n) is 2.03. The van der Waals surface area contributed by atoms with Gasteiger partial charge in [-0.05, 0) is 24.6 Å². The van der Waals surface area contributed by atoms with Crippen molar-refractivity contribution in [2.24, 2.45) is 0 Å². The highest BCUT2D eigenvalue weighted by molar-refractivity contribution is 5.41. The largest absolute Gasteiger partial charge is 0.414 e. The monoisotopic (exact) mass is 237 g/mol. The summed E-state index contributed by atoms with van der Waals surface area (Å²) >= 11 is 0. The number of rotatable bonds is 3. The smallest absolute Gasteiger partial charge is 0.396 e. The van der Waals surface area contributed by atoms with Crippen LogP contribution < -0.4 is 5.73 Å². The van der Waals surface area contributed by atoms with Crippen LogP contribution in [0.25, 0.3) is 0 Å². The number of benzene rings is 1. The summed E-state index contributed by atoms with van der Waals surface area (Å²) in [6.07, 6.45) is -6.29. The van der Waals surface area contributed by atoms with E-state index in [9.17, 15) is 17.6 Å². The first kappa shape index (κ1) is 12.8. The fourth-order valence-electron chi connectivity index (χ4n) is 0.976. The van der Waals surface area contributed by atoms with Crippen LogP contribution in [0.2, 0.25) is 0 Å². The van der Waals surface area contributed by atoms with Gasteiger partial charge in [0.25, 0.3) is 0 Å². The summed E-state index contributed by atoms with van der Waals surface area (Å²) in [5.74, 6) is -0.666. The molecule has 0 bridgehead atoms. The number of ether oxygens (including phenoxy) is 1. The van der Waals surface area contributed by atoms with Crippen molar-refractivity contribution in [1.82, 2.24) is 0 Å². The summed E-state index contributed by atoms with van der Waals surface area (Å²) in [7, 11) is 0. The molecule has 1 unspecified atom stereocenters. The molecular formula is C10H11F4NO. The van der Waals surface area contributed by atoms with E-state index in [-0.39, 0.29) is 12.3 Å². The highest BCUT2D eigenvalue weighted by Gasteiger charge is 2.36. The molecule has 1 rings (SSSR count). The third-order valence-corrected chi connectivity index (χ3v) is 2.03. The Kier molecular flexibility index (Phi) is 3.74. The minimum atomic E-state index is -4.41. The second-order valence-corrected chi connectivity index (χ2v) is 3.35. The first-order chi connectivity index (χ1) is 7.30. The average Bonchev–Trinajstić information content (AvgIpc) is 2.18. The zero-order valence-electron chi connectivity index (χ0n) is 8.51. The Hall–Kier alpha value is -1.30. The summed E-state index contributed by atoms with van der Waals surface area (Å²) in [6.45, 7) is 0.589. The Morgan fingerprint density at radius 2 is 2.00 bits per heavy atom. The van der Waals surface area contributed by atoms with Gasteiger partial charge in [0, 0.05) is 0 Å². The molecule has 1 aromatic rings. The zero-order chi connectivity index (χ0) is 12.3. The second-order valence-electron chi connectivity index (χ2n) is 3.35. The lowest BCUT2D eigenvalue weighted by Crippen LogP contribution is -2.28. The molecule has 0 radical (unpaired) electrons. The maximum atomic E-state index is 12.9. The molecular weight excluding hydrogens is 226 g/mol. The van der Waals surface area contributed by atoms with Gasteiger partial charge in [-0.2, -0.15) is 13.2 Å². The minimum Gasteiger partial charge on any atom is -0.396 e. The van der Waals surface area contributed by atoms with Crippen LogP contribution in [0.15, 0.2) is 18.2 Å². The zero-order valence-corrected chi connectivity index (χ0v) is 8.51. The number of halogens is 4. The van der Waals surface area contributed by atoms with Gasteiger partial charge in [0.15, 0.2) is 6.10 Å². The van der Waals surface area contributed by atoms with Crippen LogP contribution in [0.5, 0.6) is 0 Å². The molecule has 1 atom stereocenters. The molecule has 2 N–H and O–H groups in total. The van der Waals surface area contributed by atoms with Crippen molar-refractivity contribution in [1.29, 1.82) is 0 Å². The molecule has 90 valence electrons. The molecule has 0 aromatic heterocycles. The Morgan fingerprint density at radius 3 is 2.50 bits per heavy atom. The van der Waals surface area contributed by atoms with Crippen molar-refractivity contribution in [2.45, 2.75) is 25.8 Å². The lowest BCUT2D eigenvalue weighted by molar-refractivity contribution is -0.217. The standard InChI is InChI=1S/C10H11F4NO/c1-6(10(12,13)14)16-5-7-2-3-9(15)8(11)4-7/h2-4,6H,5,15H2,1H3. The average molecular weight is 237 g/mol. The molecule has 0 aliphatic carbocycles. The van der Waals surface area contributed by atoms with Crippen molar-refractivity contribution in [3.63, 3.8) is 0 Å². The van der Waals surface area contributed by atoms with Gasteiger partial charge in [0.1, 0.15) is 5.82 Å². The van der Waals surface area contributed by atoms with Gasteiger partial charge in [-0.15, -0.1) is 0 Å². The second kappa shape index (κ2) is 4.69. The third kappa shape index (κ3) is 3.37. The molecule has 0 spiro atoms. The molecule has 0 fully saturated rings. The Labute approximate surface area is 90.0 Å². The lowest BCUT2D eigenvalue weighted by atomic mass is 10.2. The molecule has 0 saturated heterocycles. The highest BCUT2D eigenvalue weighted by Crippen LogP contribution is 2.23. The molecule has 6 heteroatoms. The number of nitrogen functional groups attached to an aromatic ring is 1. The predicted molar refractivity (Wildman–Crippen MR) is 51.1 cm³/mol. The van der Waals surface area contributed by atoms with Gasteiger partial charge in [-0.1, -0.05) is 6.07 Å². The van der Waals surface area contributed by atoms with E-state index < -0.39 is 18.1 Å². The van der Waals surface area contributed by atoms with Crippen molar-refractivity contribution < 1.29 is 22.3 Å². The lowest BCUT2D eigenvalue weighted by Gasteiger charge is -2.16. The quantitative estimate of drug-likeness (QED) is 0.648. The highest BCUT2D eigenvalue weighted by atomic mass is 19.4. The molecule has 1 aromatic carbocycles. The van der Waals surface area contributed by atoms with Gasteiger partial charge in [0.2, 0.25) is 0 Å². The summed E-state index contributed by atoms with van der Waals surface area (Å²) in [4.78, 5) is 0. The van der Waals surface area contributed by atoms with Crippen molar-refractivity contribution in [2.75, 3.05) is 5.73 Å². The van der Waals surface area contributed by atoms with E-state index in [0.717, 1.165) is 13.0 Å². The van der Waals surface area contributed by atoms with Crippen LogP contribution >= 0.6 is 0 Å². The van der Waals surface area contributed by atoms with Crippen LogP contribution in [-0.4, -0.2) is 12.3 Å². The molecule has 0 aliphatic heterocycles. The molecule has 0 amide bonds. The molecule has 2 nitrogen and oxygen atoms in total. The topological polar surface area (TPSA) is 35.2 Å².